The first kappa shape index (κ1) is 16.2. The van der Waals surface area contributed by atoms with Gasteiger partial charge in [-0.25, -0.2) is 0 Å². The van der Waals surface area contributed by atoms with E-state index in [1.807, 2.05) is 23.9 Å². The van der Waals surface area contributed by atoms with Crippen molar-refractivity contribution in [1.82, 2.24) is 24.6 Å². The molecule has 0 saturated carbocycles. The number of aromatic nitrogens is 4. The predicted octanol–water partition coefficient (Wildman–Crippen LogP) is 2.24. The molecule has 1 N–H and O–H groups in total. The minimum absolute atomic E-state index is 0.0581. The summed E-state index contributed by atoms with van der Waals surface area (Å²) in [5.41, 5.74) is 2.40. The first-order valence-electron chi connectivity index (χ1n) is 8.80. The normalized spacial score (nSPS) is 16.6. The van der Waals surface area contributed by atoms with Crippen LogP contribution in [-0.4, -0.2) is 42.8 Å². The van der Waals surface area contributed by atoms with Gasteiger partial charge in [-0.2, -0.15) is 0 Å². The Morgan fingerprint density at radius 2 is 1.92 bits per heavy atom. The van der Waals surface area contributed by atoms with Gasteiger partial charge in [-0.3, -0.25) is 9.88 Å². The number of rotatable bonds is 4. The average molecular weight is 337 g/mol. The lowest BCUT2D eigenvalue weighted by atomic mass is 9.95. The maximum atomic E-state index is 9.29. The summed E-state index contributed by atoms with van der Waals surface area (Å²) in [4.78, 5) is 6.95. The Balaban J connectivity index is 1.44. The summed E-state index contributed by atoms with van der Waals surface area (Å²) in [6, 6.07) is 10.5. The molecular weight excluding hydrogens is 314 g/mol. The molecule has 1 aliphatic heterocycles. The van der Waals surface area contributed by atoms with Gasteiger partial charge in [0.25, 0.3) is 0 Å². The molecule has 0 atom stereocenters. The van der Waals surface area contributed by atoms with E-state index in [1.165, 1.54) is 10.9 Å². The average Bonchev–Trinajstić information content (AvgIpc) is 3.03. The number of para-hydroxylation sites is 1. The van der Waals surface area contributed by atoms with Crippen LogP contribution in [0.4, 0.5) is 0 Å². The Kier molecular flexibility index (Phi) is 4.46. The number of likely N-dealkylation sites (tertiary alicyclic amines) is 1. The zero-order chi connectivity index (χ0) is 17.2. The van der Waals surface area contributed by atoms with E-state index in [9.17, 15) is 5.11 Å². The van der Waals surface area contributed by atoms with Crippen LogP contribution < -0.4 is 0 Å². The second-order valence-electron chi connectivity index (χ2n) is 6.73. The summed E-state index contributed by atoms with van der Waals surface area (Å²) in [6.07, 6.45) is 4.04. The van der Waals surface area contributed by atoms with Crippen molar-refractivity contribution in [2.24, 2.45) is 7.05 Å². The fraction of sp³-hybridized carbons (Fsp3) is 0.421. The molecule has 0 amide bonds. The molecule has 0 spiro atoms. The molecule has 2 aromatic heterocycles. The van der Waals surface area contributed by atoms with Crippen LogP contribution in [0.5, 0.6) is 0 Å². The highest BCUT2D eigenvalue weighted by molar-refractivity contribution is 5.81. The van der Waals surface area contributed by atoms with Gasteiger partial charge in [0.1, 0.15) is 12.4 Å². The van der Waals surface area contributed by atoms with Gasteiger partial charge in [0.2, 0.25) is 0 Å². The Hall–Kier alpha value is -2.31. The van der Waals surface area contributed by atoms with Gasteiger partial charge in [0.15, 0.2) is 5.82 Å². The minimum atomic E-state index is -0.0581. The van der Waals surface area contributed by atoms with Crippen LogP contribution in [0.1, 0.15) is 36.0 Å². The maximum Gasteiger partial charge on any atom is 0.158 e. The van der Waals surface area contributed by atoms with E-state index in [4.69, 9.17) is 0 Å². The number of benzene rings is 1. The Labute approximate surface area is 147 Å². The predicted molar refractivity (Wildman–Crippen MR) is 95.9 cm³/mol. The third kappa shape index (κ3) is 3.15. The molecule has 3 heterocycles. The Bertz CT molecular complexity index is 862. The first-order chi connectivity index (χ1) is 12.3. The van der Waals surface area contributed by atoms with Crippen LogP contribution in [-0.2, 0) is 20.2 Å². The number of aliphatic hydroxyl groups excluding tert-OH is 1. The van der Waals surface area contributed by atoms with E-state index in [1.54, 1.807) is 0 Å². The van der Waals surface area contributed by atoms with Gasteiger partial charge >= 0.3 is 0 Å². The number of aliphatic hydroxyl groups is 1. The summed E-state index contributed by atoms with van der Waals surface area (Å²) in [7, 11) is 1.94. The molecule has 0 unspecified atom stereocenters. The summed E-state index contributed by atoms with van der Waals surface area (Å²) in [5.74, 6) is 2.06. The van der Waals surface area contributed by atoms with Crippen molar-refractivity contribution in [3.8, 4) is 0 Å². The maximum absolute atomic E-state index is 9.29. The molecule has 1 saturated heterocycles. The number of nitrogens with zero attached hydrogens (tertiary/aromatic N) is 5. The van der Waals surface area contributed by atoms with Crippen molar-refractivity contribution < 1.29 is 5.11 Å². The van der Waals surface area contributed by atoms with Crippen LogP contribution in [0.15, 0.2) is 36.5 Å². The van der Waals surface area contributed by atoms with Crippen LogP contribution in [0.25, 0.3) is 10.9 Å². The molecule has 0 aliphatic carbocycles. The molecule has 0 bridgehead atoms. The molecule has 3 aromatic rings. The van der Waals surface area contributed by atoms with E-state index in [2.05, 4.69) is 44.3 Å². The molecule has 4 rings (SSSR count). The van der Waals surface area contributed by atoms with Gasteiger partial charge in [-0.15, -0.1) is 10.2 Å². The molecule has 6 heteroatoms. The van der Waals surface area contributed by atoms with E-state index in [0.717, 1.165) is 43.8 Å². The molecular formula is C19H23N5O. The highest BCUT2D eigenvalue weighted by atomic mass is 16.3. The summed E-state index contributed by atoms with van der Waals surface area (Å²) in [6.45, 7) is 2.99. The number of piperidine rings is 1. The van der Waals surface area contributed by atoms with Crippen molar-refractivity contribution in [2.45, 2.75) is 31.9 Å². The Morgan fingerprint density at radius 1 is 1.12 bits per heavy atom. The molecule has 130 valence electrons. The standard InChI is InChI=1S/C19H23N5O/c1-23-18(13-25)21-22-19(23)14-7-10-24(11-8-14)12-15-6-9-20-17-5-3-2-4-16(15)17/h2-6,9,14,25H,7-8,10-13H2,1H3. The fourth-order valence-electron chi connectivity index (χ4n) is 3.75. The summed E-state index contributed by atoms with van der Waals surface area (Å²) >= 11 is 0. The monoisotopic (exact) mass is 337 g/mol. The van der Waals surface area contributed by atoms with E-state index in [0.29, 0.717) is 11.7 Å². The van der Waals surface area contributed by atoms with Gasteiger partial charge in [-0.1, -0.05) is 18.2 Å². The van der Waals surface area contributed by atoms with Crippen LogP contribution in [0.3, 0.4) is 0 Å². The zero-order valence-electron chi connectivity index (χ0n) is 14.5. The molecule has 1 fully saturated rings. The molecule has 0 radical (unpaired) electrons. The third-order valence-electron chi connectivity index (χ3n) is 5.23. The molecule has 1 aliphatic rings. The van der Waals surface area contributed by atoms with Crippen LogP contribution in [0, 0.1) is 0 Å². The van der Waals surface area contributed by atoms with E-state index < -0.39 is 0 Å². The number of pyridine rings is 1. The largest absolute Gasteiger partial charge is 0.388 e. The van der Waals surface area contributed by atoms with Gasteiger partial charge < -0.3 is 9.67 Å². The smallest absolute Gasteiger partial charge is 0.158 e. The molecule has 25 heavy (non-hydrogen) atoms. The zero-order valence-corrected chi connectivity index (χ0v) is 14.5. The van der Waals surface area contributed by atoms with Crippen molar-refractivity contribution in [2.75, 3.05) is 13.1 Å². The van der Waals surface area contributed by atoms with Crippen molar-refractivity contribution in [3.63, 3.8) is 0 Å². The number of fused-ring (bicyclic) bond motifs is 1. The number of hydrogen-bond donors (Lipinski definition) is 1. The second kappa shape index (κ2) is 6.90. The molecule has 6 nitrogen and oxygen atoms in total. The van der Waals surface area contributed by atoms with E-state index in [-0.39, 0.29) is 6.61 Å². The van der Waals surface area contributed by atoms with Crippen LogP contribution in [0.2, 0.25) is 0 Å². The lowest BCUT2D eigenvalue weighted by Gasteiger charge is -2.31. The van der Waals surface area contributed by atoms with Gasteiger partial charge in [-0.05, 0) is 43.6 Å². The lowest BCUT2D eigenvalue weighted by molar-refractivity contribution is 0.200. The first-order valence-corrected chi connectivity index (χ1v) is 8.80. The van der Waals surface area contributed by atoms with Gasteiger partial charge in [0, 0.05) is 31.1 Å². The van der Waals surface area contributed by atoms with Crippen molar-refractivity contribution in [1.29, 1.82) is 0 Å². The quantitative estimate of drug-likeness (QED) is 0.791. The highest BCUT2D eigenvalue weighted by Gasteiger charge is 2.25. The van der Waals surface area contributed by atoms with Crippen LogP contribution >= 0.6 is 0 Å². The summed E-state index contributed by atoms with van der Waals surface area (Å²) in [5, 5.41) is 18.9. The third-order valence-corrected chi connectivity index (χ3v) is 5.23. The van der Waals surface area contributed by atoms with Gasteiger partial charge in [0.05, 0.1) is 5.52 Å². The van der Waals surface area contributed by atoms with E-state index >= 15 is 0 Å². The SMILES string of the molecule is Cn1c(CO)nnc1C1CCN(Cc2ccnc3ccccc23)CC1. The minimum Gasteiger partial charge on any atom is -0.388 e. The Morgan fingerprint density at radius 3 is 2.68 bits per heavy atom. The van der Waals surface area contributed by atoms with Crippen molar-refractivity contribution in [3.05, 3.63) is 53.7 Å². The molecule has 1 aromatic carbocycles. The topological polar surface area (TPSA) is 67.1 Å². The summed E-state index contributed by atoms with van der Waals surface area (Å²) < 4.78 is 1.94. The lowest BCUT2D eigenvalue weighted by Crippen LogP contribution is -2.33. The fourth-order valence-corrected chi connectivity index (χ4v) is 3.75. The number of hydrogen-bond acceptors (Lipinski definition) is 5. The second-order valence-corrected chi connectivity index (χ2v) is 6.73. The highest BCUT2D eigenvalue weighted by Crippen LogP contribution is 2.28. The van der Waals surface area contributed by atoms with Crippen molar-refractivity contribution >= 4 is 10.9 Å².